The molecule has 0 unspecified atom stereocenters. The Balaban J connectivity index is 1.46. The first-order valence-corrected chi connectivity index (χ1v) is 9.86. The van der Waals surface area contributed by atoms with Gasteiger partial charge in [-0.25, -0.2) is 0 Å². The Hall–Kier alpha value is -1.41. The fourth-order valence-corrected chi connectivity index (χ4v) is 3.26. The fourth-order valence-electron chi connectivity index (χ4n) is 3.26. The Morgan fingerprint density at radius 2 is 1.21 bits per heavy atom. The summed E-state index contributed by atoms with van der Waals surface area (Å²) in [6, 6.07) is 12.7. The second-order valence-electron chi connectivity index (χ2n) is 6.86. The average Bonchev–Trinajstić information content (AvgIpc) is 2.62. The third-order valence-corrected chi connectivity index (χ3v) is 4.75. The van der Waals surface area contributed by atoms with Crippen LogP contribution in [0.2, 0.25) is 0 Å². The maximum Gasteiger partial charge on any atom is 0.0705 e. The summed E-state index contributed by atoms with van der Waals surface area (Å²) in [5.74, 6) is 0. The molecule has 24 heavy (non-hydrogen) atoms. The van der Waals surface area contributed by atoms with E-state index in [4.69, 9.17) is 10.1 Å². The van der Waals surface area contributed by atoms with Gasteiger partial charge in [-0.3, -0.25) is 4.98 Å². The molecule has 0 aliphatic rings. The lowest BCUT2D eigenvalue weighted by Crippen LogP contribution is -1.91. The van der Waals surface area contributed by atoms with E-state index < -0.39 is 0 Å². The highest BCUT2D eigenvalue weighted by Crippen LogP contribution is 2.15. The van der Waals surface area contributed by atoms with E-state index >= 15 is 0 Å². The van der Waals surface area contributed by atoms with Crippen LogP contribution in [0.4, 0.5) is 0 Å². The predicted molar refractivity (Wildman–Crippen MR) is 103 cm³/mol. The van der Waals surface area contributed by atoms with E-state index in [-0.39, 0.29) is 0 Å². The Kier molecular flexibility index (Phi) is 9.48. The van der Waals surface area contributed by atoms with Crippen molar-refractivity contribution in [1.29, 1.82) is 0 Å². The van der Waals surface area contributed by atoms with E-state index in [1.54, 1.807) is 0 Å². The third-order valence-electron chi connectivity index (χ3n) is 4.75. The summed E-state index contributed by atoms with van der Waals surface area (Å²) in [5.41, 5.74) is 2.35. The summed E-state index contributed by atoms with van der Waals surface area (Å²) in [5, 5.41) is 9.96. The fraction of sp³-hybridized carbons (Fsp3) is 0.591. The standard InChI is InChI=1S/C22H33NO/c24-19-13-9-7-5-3-1-2-4-6-8-10-15-21-18-17-20-14-11-12-16-22(20)23-21/h11-12,14,16-18,24H,1-10,13,15,19H2. The molecule has 0 bridgehead atoms. The van der Waals surface area contributed by atoms with Crippen molar-refractivity contribution >= 4 is 10.9 Å². The molecular formula is C22H33NO. The molecule has 0 saturated carbocycles. The van der Waals surface area contributed by atoms with Crippen LogP contribution in [0.25, 0.3) is 10.9 Å². The minimum atomic E-state index is 0.356. The van der Waals surface area contributed by atoms with E-state index in [0.29, 0.717) is 6.61 Å². The lowest BCUT2D eigenvalue weighted by atomic mass is 10.0. The van der Waals surface area contributed by atoms with E-state index in [1.165, 1.54) is 75.3 Å². The second-order valence-corrected chi connectivity index (χ2v) is 6.86. The zero-order valence-corrected chi connectivity index (χ0v) is 15.1. The minimum Gasteiger partial charge on any atom is -0.396 e. The first kappa shape index (κ1) is 18.9. The maximum absolute atomic E-state index is 8.73. The molecular weight excluding hydrogens is 294 g/mol. The molecule has 2 heteroatoms. The molecule has 0 aliphatic carbocycles. The van der Waals surface area contributed by atoms with Crippen LogP contribution in [0.3, 0.4) is 0 Å². The number of hydrogen-bond donors (Lipinski definition) is 1. The number of unbranched alkanes of at least 4 members (excludes halogenated alkanes) is 10. The van der Waals surface area contributed by atoms with Crippen LogP contribution in [-0.4, -0.2) is 16.7 Å². The van der Waals surface area contributed by atoms with Crippen LogP contribution in [0.15, 0.2) is 36.4 Å². The van der Waals surface area contributed by atoms with Gasteiger partial charge in [0.1, 0.15) is 0 Å². The zero-order valence-electron chi connectivity index (χ0n) is 15.1. The number of hydrogen-bond acceptors (Lipinski definition) is 2. The molecule has 2 nitrogen and oxygen atoms in total. The number of aryl methyl sites for hydroxylation is 1. The number of rotatable bonds is 13. The molecule has 1 heterocycles. The molecule has 0 saturated heterocycles. The number of aliphatic hydroxyl groups excluding tert-OH is 1. The number of nitrogens with zero attached hydrogens (tertiary/aromatic N) is 1. The number of fused-ring (bicyclic) bond motifs is 1. The first-order valence-electron chi connectivity index (χ1n) is 9.86. The monoisotopic (exact) mass is 327 g/mol. The molecule has 0 fully saturated rings. The SMILES string of the molecule is OCCCCCCCCCCCCCc1ccc2ccccc2n1. The quantitative estimate of drug-likeness (QED) is 0.453. The van der Waals surface area contributed by atoms with Gasteiger partial charge in [-0.15, -0.1) is 0 Å². The lowest BCUT2D eigenvalue weighted by Gasteiger charge is -2.04. The highest BCUT2D eigenvalue weighted by Gasteiger charge is 1.99. The van der Waals surface area contributed by atoms with Gasteiger partial charge in [0.25, 0.3) is 0 Å². The van der Waals surface area contributed by atoms with Crippen LogP contribution in [0.5, 0.6) is 0 Å². The molecule has 0 spiro atoms. The molecule has 0 amide bonds. The Morgan fingerprint density at radius 1 is 0.625 bits per heavy atom. The van der Waals surface area contributed by atoms with Crippen molar-refractivity contribution in [2.24, 2.45) is 0 Å². The number of benzene rings is 1. The van der Waals surface area contributed by atoms with Gasteiger partial charge in [-0.1, -0.05) is 82.1 Å². The van der Waals surface area contributed by atoms with Crippen molar-refractivity contribution in [3.05, 3.63) is 42.1 Å². The largest absolute Gasteiger partial charge is 0.396 e. The number of aromatic nitrogens is 1. The van der Waals surface area contributed by atoms with Crippen LogP contribution in [0, 0.1) is 0 Å². The van der Waals surface area contributed by atoms with Gasteiger partial charge in [0.2, 0.25) is 0 Å². The van der Waals surface area contributed by atoms with Gasteiger partial charge >= 0.3 is 0 Å². The maximum atomic E-state index is 8.73. The third kappa shape index (κ3) is 7.44. The molecule has 2 rings (SSSR count). The first-order chi connectivity index (χ1) is 11.9. The van der Waals surface area contributed by atoms with Gasteiger partial charge in [0, 0.05) is 17.7 Å². The van der Waals surface area contributed by atoms with E-state index in [1.807, 2.05) is 0 Å². The molecule has 132 valence electrons. The van der Waals surface area contributed by atoms with Crippen molar-refractivity contribution in [2.75, 3.05) is 6.61 Å². The van der Waals surface area contributed by atoms with E-state index in [0.717, 1.165) is 18.4 Å². The van der Waals surface area contributed by atoms with Crippen molar-refractivity contribution in [1.82, 2.24) is 4.98 Å². The van der Waals surface area contributed by atoms with Crippen LogP contribution in [-0.2, 0) is 6.42 Å². The van der Waals surface area contributed by atoms with E-state index in [9.17, 15) is 0 Å². The average molecular weight is 328 g/mol. The van der Waals surface area contributed by atoms with Crippen LogP contribution < -0.4 is 0 Å². The zero-order chi connectivity index (χ0) is 16.9. The van der Waals surface area contributed by atoms with Crippen molar-refractivity contribution < 1.29 is 5.11 Å². The number of pyridine rings is 1. The van der Waals surface area contributed by atoms with Crippen LogP contribution in [0.1, 0.15) is 76.3 Å². The van der Waals surface area contributed by atoms with Crippen molar-refractivity contribution in [3.63, 3.8) is 0 Å². The van der Waals surface area contributed by atoms with Gasteiger partial charge in [-0.05, 0) is 31.4 Å². The lowest BCUT2D eigenvalue weighted by molar-refractivity contribution is 0.282. The number of para-hydroxylation sites is 1. The Bertz CT molecular complexity index is 567. The van der Waals surface area contributed by atoms with Gasteiger partial charge in [-0.2, -0.15) is 0 Å². The Labute approximate surface area is 147 Å². The smallest absolute Gasteiger partial charge is 0.0705 e. The Morgan fingerprint density at radius 3 is 1.88 bits per heavy atom. The summed E-state index contributed by atoms with van der Waals surface area (Å²) < 4.78 is 0. The normalized spacial score (nSPS) is 11.2. The highest BCUT2D eigenvalue weighted by molar-refractivity contribution is 5.78. The van der Waals surface area contributed by atoms with Gasteiger partial charge in [0.05, 0.1) is 5.52 Å². The summed E-state index contributed by atoms with van der Waals surface area (Å²) in [6.45, 7) is 0.356. The van der Waals surface area contributed by atoms with Crippen molar-refractivity contribution in [3.8, 4) is 0 Å². The van der Waals surface area contributed by atoms with Gasteiger partial charge in [0.15, 0.2) is 0 Å². The van der Waals surface area contributed by atoms with Crippen molar-refractivity contribution in [2.45, 2.75) is 77.0 Å². The second kappa shape index (κ2) is 12.0. The molecule has 1 aromatic carbocycles. The highest BCUT2D eigenvalue weighted by atomic mass is 16.2. The molecule has 0 aliphatic heterocycles. The molecule has 1 aromatic heterocycles. The molecule has 1 N–H and O–H groups in total. The predicted octanol–water partition coefficient (Wildman–Crippen LogP) is 6.06. The topological polar surface area (TPSA) is 33.1 Å². The molecule has 0 atom stereocenters. The summed E-state index contributed by atoms with van der Waals surface area (Å²) in [4.78, 5) is 4.75. The molecule has 2 aromatic rings. The molecule has 0 radical (unpaired) electrons. The summed E-state index contributed by atoms with van der Waals surface area (Å²) in [6.07, 6.45) is 15.4. The summed E-state index contributed by atoms with van der Waals surface area (Å²) in [7, 11) is 0. The number of aliphatic hydroxyl groups is 1. The van der Waals surface area contributed by atoms with Gasteiger partial charge < -0.3 is 5.11 Å². The summed E-state index contributed by atoms with van der Waals surface area (Å²) >= 11 is 0. The van der Waals surface area contributed by atoms with E-state index in [2.05, 4.69) is 36.4 Å². The van der Waals surface area contributed by atoms with Crippen LogP contribution >= 0.6 is 0 Å². The minimum absolute atomic E-state index is 0.356.